The number of ether oxygens (including phenoxy) is 2. The van der Waals surface area contributed by atoms with Gasteiger partial charge in [-0.3, -0.25) is 9.59 Å². The first-order chi connectivity index (χ1) is 19.1. The van der Waals surface area contributed by atoms with Crippen molar-refractivity contribution in [2.75, 3.05) is 26.3 Å². The molecule has 0 unspecified atom stereocenters. The molecule has 0 aromatic heterocycles. The van der Waals surface area contributed by atoms with Gasteiger partial charge >= 0.3 is 6.18 Å². The second kappa shape index (κ2) is 13.3. The number of para-hydroxylation sites is 1. The third-order valence-electron chi connectivity index (χ3n) is 6.86. The Balaban J connectivity index is 1.69. The number of aliphatic hydroxyl groups excluding tert-OH is 2. The molecule has 3 N–H and O–H groups in total. The van der Waals surface area contributed by atoms with Crippen LogP contribution in [0.25, 0.3) is 0 Å². The van der Waals surface area contributed by atoms with Gasteiger partial charge in [-0.15, -0.1) is 0 Å². The van der Waals surface area contributed by atoms with Gasteiger partial charge in [-0.05, 0) is 77.9 Å². The second-order valence-corrected chi connectivity index (χ2v) is 10.8. The highest BCUT2D eigenvalue weighted by Crippen LogP contribution is 2.32. The Kier molecular flexibility index (Phi) is 10.1. The summed E-state index contributed by atoms with van der Waals surface area (Å²) >= 11 is 2.08. The van der Waals surface area contributed by atoms with Crippen molar-refractivity contribution < 1.29 is 42.4 Å². The molecule has 0 bridgehead atoms. The van der Waals surface area contributed by atoms with Crippen LogP contribution in [0.5, 0.6) is 5.75 Å². The van der Waals surface area contributed by atoms with Gasteiger partial charge in [0.05, 0.1) is 27.9 Å². The normalized spacial score (nSPS) is 22.9. The SMILES string of the molecule is O=C(NCCO)C1=C[C@H](Oc2ccccc2I)[C@@H](O)[C@H](N(C[C@H]2CCCO2)C(=O)c2ccc(C(F)(F)F)cc2)C1. The van der Waals surface area contributed by atoms with E-state index in [4.69, 9.17) is 14.6 Å². The maximum atomic E-state index is 13.8. The van der Waals surface area contributed by atoms with Crippen LogP contribution in [0.1, 0.15) is 35.2 Å². The molecule has 2 aromatic carbocycles. The first kappa shape index (κ1) is 30.3. The third-order valence-corrected chi connectivity index (χ3v) is 7.75. The van der Waals surface area contributed by atoms with Crippen LogP contribution in [0.15, 0.2) is 60.2 Å². The third kappa shape index (κ3) is 7.33. The number of amides is 2. The summed E-state index contributed by atoms with van der Waals surface area (Å²) in [5, 5.41) is 23.3. The van der Waals surface area contributed by atoms with E-state index in [1.807, 2.05) is 12.1 Å². The van der Waals surface area contributed by atoms with Crippen molar-refractivity contribution in [2.24, 2.45) is 0 Å². The van der Waals surface area contributed by atoms with Crippen LogP contribution in [0.2, 0.25) is 0 Å². The highest BCUT2D eigenvalue weighted by Gasteiger charge is 2.42. The van der Waals surface area contributed by atoms with Crippen LogP contribution >= 0.6 is 22.6 Å². The van der Waals surface area contributed by atoms with Crippen LogP contribution in [0, 0.1) is 3.57 Å². The number of carbonyl (C=O) groups excluding carboxylic acids is 2. The van der Waals surface area contributed by atoms with E-state index in [1.165, 1.54) is 11.0 Å². The molecule has 1 aliphatic heterocycles. The van der Waals surface area contributed by atoms with Gasteiger partial charge < -0.3 is 29.9 Å². The van der Waals surface area contributed by atoms with Gasteiger partial charge in [-0.25, -0.2) is 0 Å². The molecule has 1 aliphatic carbocycles. The van der Waals surface area contributed by atoms with Crippen molar-refractivity contribution in [3.8, 4) is 5.75 Å². The molecular weight excluding hydrogens is 644 g/mol. The Hall–Kier alpha value is -2.68. The number of hydrogen-bond donors (Lipinski definition) is 3. The Morgan fingerprint density at radius 3 is 2.50 bits per heavy atom. The number of hydrogen-bond acceptors (Lipinski definition) is 6. The lowest BCUT2D eigenvalue weighted by molar-refractivity contribution is -0.137. The van der Waals surface area contributed by atoms with Gasteiger partial charge in [0.2, 0.25) is 5.91 Å². The fourth-order valence-corrected chi connectivity index (χ4v) is 5.33. The van der Waals surface area contributed by atoms with Gasteiger partial charge in [0.25, 0.3) is 5.91 Å². The summed E-state index contributed by atoms with van der Waals surface area (Å²) in [4.78, 5) is 28.1. The summed E-state index contributed by atoms with van der Waals surface area (Å²) in [5.41, 5.74) is -0.629. The first-order valence-electron chi connectivity index (χ1n) is 12.9. The predicted molar refractivity (Wildman–Crippen MR) is 148 cm³/mol. The largest absolute Gasteiger partial charge is 0.482 e. The molecule has 1 heterocycles. The van der Waals surface area contributed by atoms with E-state index in [0.717, 1.165) is 34.3 Å². The number of nitrogens with zero attached hydrogens (tertiary/aromatic N) is 1. The van der Waals surface area contributed by atoms with Gasteiger partial charge in [0.15, 0.2) is 0 Å². The predicted octanol–water partition coefficient (Wildman–Crippen LogP) is 3.55. The standard InChI is InChI=1S/C28H30F3IN2O6/c29-28(30,31)19-9-7-17(8-10-19)27(38)34(16-20-4-3-13-39-20)22-14-18(26(37)33-11-12-35)15-24(25(22)36)40-23-6-2-1-5-21(23)32/h1-2,5-10,15,20,22,24-25,35-36H,3-4,11-14,16H2,(H,33,37)/t20-,22-,24+,25+/m1/s1. The van der Waals surface area contributed by atoms with E-state index >= 15 is 0 Å². The minimum Gasteiger partial charge on any atom is -0.482 e. The molecule has 40 heavy (non-hydrogen) atoms. The quantitative estimate of drug-likeness (QED) is 0.352. The summed E-state index contributed by atoms with van der Waals surface area (Å²) in [6, 6.07) is 10.1. The minimum atomic E-state index is -4.56. The van der Waals surface area contributed by atoms with Crippen LogP contribution in [0.4, 0.5) is 13.2 Å². The number of carbonyl (C=O) groups is 2. The van der Waals surface area contributed by atoms with Crippen LogP contribution in [-0.2, 0) is 15.7 Å². The van der Waals surface area contributed by atoms with Crippen molar-refractivity contribution in [3.05, 3.63) is 74.9 Å². The van der Waals surface area contributed by atoms with Gasteiger partial charge in [-0.2, -0.15) is 13.2 Å². The van der Waals surface area contributed by atoms with Gasteiger partial charge in [0, 0.05) is 37.3 Å². The lowest BCUT2D eigenvalue weighted by Gasteiger charge is -2.41. The topological polar surface area (TPSA) is 108 Å². The molecule has 0 radical (unpaired) electrons. The van der Waals surface area contributed by atoms with Gasteiger partial charge in [0.1, 0.15) is 18.0 Å². The maximum absolute atomic E-state index is 13.8. The number of nitrogens with one attached hydrogen (secondary N) is 1. The molecule has 1 saturated heterocycles. The van der Waals surface area contributed by atoms with Crippen LogP contribution in [-0.4, -0.2) is 77.6 Å². The number of rotatable bonds is 9. The van der Waals surface area contributed by atoms with Crippen molar-refractivity contribution in [1.29, 1.82) is 0 Å². The summed E-state index contributed by atoms with van der Waals surface area (Å²) in [5.74, 6) is -0.612. The Morgan fingerprint density at radius 1 is 1.15 bits per heavy atom. The van der Waals surface area contributed by atoms with E-state index in [9.17, 15) is 27.9 Å². The molecule has 12 heteroatoms. The molecule has 1 fully saturated rings. The Labute approximate surface area is 243 Å². The monoisotopic (exact) mass is 674 g/mol. The van der Waals surface area contributed by atoms with Gasteiger partial charge in [-0.1, -0.05) is 12.1 Å². The molecular formula is C28H30F3IN2O6. The van der Waals surface area contributed by atoms with E-state index < -0.39 is 41.8 Å². The van der Waals surface area contributed by atoms with Crippen molar-refractivity contribution in [2.45, 2.75) is 49.8 Å². The molecule has 8 nitrogen and oxygen atoms in total. The zero-order chi connectivity index (χ0) is 28.9. The number of halogens is 4. The molecule has 2 aromatic rings. The summed E-state index contributed by atoms with van der Waals surface area (Å²) in [7, 11) is 0. The number of alkyl halides is 3. The zero-order valence-corrected chi connectivity index (χ0v) is 23.6. The fourth-order valence-electron chi connectivity index (χ4n) is 4.81. The molecule has 4 rings (SSSR count). The maximum Gasteiger partial charge on any atom is 0.416 e. The molecule has 4 atom stereocenters. The molecule has 2 aliphatic rings. The number of aliphatic hydroxyl groups is 2. The lowest BCUT2D eigenvalue weighted by atomic mass is 9.87. The highest BCUT2D eigenvalue weighted by atomic mass is 127. The van der Waals surface area contributed by atoms with E-state index in [1.54, 1.807) is 12.1 Å². The first-order valence-corrected chi connectivity index (χ1v) is 13.9. The average Bonchev–Trinajstić information content (AvgIpc) is 3.45. The molecule has 0 spiro atoms. The minimum absolute atomic E-state index is 0.00843. The van der Waals surface area contributed by atoms with E-state index in [0.29, 0.717) is 18.8 Å². The summed E-state index contributed by atoms with van der Waals surface area (Å²) < 4.78 is 52.0. The van der Waals surface area contributed by atoms with Crippen LogP contribution in [0.3, 0.4) is 0 Å². The summed E-state index contributed by atoms with van der Waals surface area (Å²) in [6.07, 6.45) is -4.26. The molecule has 216 valence electrons. The number of benzene rings is 2. The average molecular weight is 674 g/mol. The van der Waals surface area contributed by atoms with E-state index in [2.05, 4.69) is 27.9 Å². The van der Waals surface area contributed by atoms with Crippen molar-refractivity contribution >= 4 is 34.4 Å². The fraction of sp³-hybridized carbons (Fsp3) is 0.429. The molecule has 0 saturated carbocycles. The van der Waals surface area contributed by atoms with Crippen LogP contribution < -0.4 is 10.1 Å². The molecule has 2 amide bonds. The van der Waals surface area contributed by atoms with E-state index in [-0.39, 0.29) is 43.4 Å². The smallest absolute Gasteiger partial charge is 0.416 e. The highest BCUT2D eigenvalue weighted by molar-refractivity contribution is 14.1. The van der Waals surface area contributed by atoms with Crippen molar-refractivity contribution in [3.63, 3.8) is 0 Å². The van der Waals surface area contributed by atoms with Crippen molar-refractivity contribution in [1.82, 2.24) is 10.2 Å². The Morgan fingerprint density at radius 2 is 1.88 bits per heavy atom. The lowest BCUT2D eigenvalue weighted by Crippen LogP contribution is -2.56. The zero-order valence-electron chi connectivity index (χ0n) is 21.4. The second-order valence-electron chi connectivity index (χ2n) is 9.61. The summed E-state index contributed by atoms with van der Waals surface area (Å²) in [6.45, 7) is 0.316. The Bertz CT molecular complexity index is 1220.